The van der Waals surface area contributed by atoms with Crippen LogP contribution in [0.1, 0.15) is 30.5 Å². The van der Waals surface area contributed by atoms with Crippen molar-refractivity contribution in [2.75, 3.05) is 0 Å². The molecule has 0 fully saturated rings. The molecule has 27 heavy (non-hydrogen) atoms. The summed E-state index contributed by atoms with van der Waals surface area (Å²) in [6.07, 6.45) is 3.76. The number of nitrogens with zero attached hydrogens (tertiary/aromatic N) is 2. The molecule has 1 aliphatic carbocycles. The molecule has 4 aromatic rings. The van der Waals surface area contributed by atoms with Crippen molar-refractivity contribution in [1.82, 2.24) is 9.97 Å². The highest BCUT2D eigenvalue weighted by Gasteiger charge is 2.40. The molecular weight excluding hydrogens is 332 g/mol. The van der Waals surface area contributed by atoms with Crippen molar-refractivity contribution >= 4 is 10.9 Å². The van der Waals surface area contributed by atoms with Gasteiger partial charge in [-0.3, -0.25) is 9.97 Å². The second-order valence-electron chi connectivity index (χ2n) is 7.85. The summed E-state index contributed by atoms with van der Waals surface area (Å²) in [4.78, 5) is 9.32. The Labute approximate surface area is 157 Å². The minimum Gasteiger partial charge on any atom is -0.487 e. The predicted octanol–water partition coefficient (Wildman–Crippen LogP) is 5.50. The summed E-state index contributed by atoms with van der Waals surface area (Å²) < 4.78 is 6.08. The number of benzene rings is 2. The van der Waals surface area contributed by atoms with Gasteiger partial charge in [0, 0.05) is 28.1 Å². The lowest BCUT2D eigenvalue weighted by Crippen LogP contribution is -2.19. The van der Waals surface area contributed by atoms with Crippen molar-refractivity contribution in [2.45, 2.75) is 25.9 Å². The first-order valence-electron chi connectivity index (χ1n) is 9.29. The quantitative estimate of drug-likeness (QED) is 0.420. The number of rotatable bonds is 0. The van der Waals surface area contributed by atoms with Crippen molar-refractivity contribution in [3.63, 3.8) is 0 Å². The standard InChI is InChI=1S/C24H18N2O/c1-24(2)17-7-5-11-25-23(17)16-10-9-14-13-27-19-12-26-18-8-4-3-6-15(18)21(19)20(14)22(16)24/h3-12H,13H2,1-2H3. The Hall–Kier alpha value is -3.20. The first-order chi connectivity index (χ1) is 13.2. The molecule has 0 bridgehead atoms. The van der Waals surface area contributed by atoms with E-state index in [-0.39, 0.29) is 5.41 Å². The van der Waals surface area contributed by atoms with Crippen LogP contribution in [0.4, 0.5) is 0 Å². The molecule has 3 heteroatoms. The van der Waals surface area contributed by atoms with Gasteiger partial charge in [-0.05, 0) is 34.4 Å². The Balaban J connectivity index is 1.78. The van der Waals surface area contributed by atoms with Gasteiger partial charge in [-0.15, -0.1) is 0 Å². The third-order valence-corrected chi connectivity index (χ3v) is 6.03. The average molecular weight is 350 g/mol. The third kappa shape index (κ3) is 1.81. The summed E-state index contributed by atoms with van der Waals surface area (Å²) in [6.45, 7) is 5.19. The van der Waals surface area contributed by atoms with Gasteiger partial charge in [-0.2, -0.15) is 0 Å². The molecule has 6 rings (SSSR count). The van der Waals surface area contributed by atoms with E-state index in [0.29, 0.717) is 6.61 Å². The fraction of sp³-hybridized carbons (Fsp3) is 0.167. The van der Waals surface area contributed by atoms with E-state index >= 15 is 0 Å². The summed E-state index contributed by atoms with van der Waals surface area (Å²) in [5.41, 5.74) is 9.58. The van der Waals surface area contributed by atoms with Crippen LogP contribution in [-0.2, 0) is 12.0 Å². The molecule has 0 unspecified atom stereocenters. The fourth-order valence-electron chi connectivity index (χ4n) is 4.80. The van der Waals surface area contributed by atoms with E-state index in [1.807, 2.05) is 24.5 Å². The highest BCUT2D eigenvalue weighted by molar-refractivity contribution is 6.02. The van der Waals surface area contributed by atoms with E-state index in [1.54, 1.807) is 0 Å². The average Bonchev–Trinajstić information content (AvgIpc) is 2.95. The van der Waals surface area contributed by atoms with E-state index in [0.717, 1.165) is 22.3 Å². The van der Waals surface area contributed by atoms with Crippen LogP contribution >= 0.6 is 0 Å². The van der Waals surface area contributed by atoms with E-state index in [2.05, 4.69) is 55.2 Å². The van der Waals surface area contributed by atoms with Gasteiger partial charge < -0.3 is 4.74 Å². The smallest absolute Gasteiger partial charge is 0.146 e. The summed E-state index contributed by atoms with van der Waals surface area (Å²) in [6, 6.07) is 17.0. The van der Waals surface area contributed by atoms with Gasteiger partial charge in [0.15, 0.2) is 0 Å². The van der Waals surface area contributed by atoms with Crippen molar-refractivity contribution in [3.05, 3.63) is 77.6 Å². The highest BCUT2D eigenvalue weighted by Crippen LogP contribution is 2.55. The molecule has 0 spiro atoms. The Morgan fingerprint density at radius 1 is 0.926 bits per heavy atom. The zero-order valence-electron chi connectivity index (χ0n) is 15.3. The molecule has 0 amide bonds. The number of hydrogen-bond donors (Lipinski definition) is 0. The molecule has 0 saturated carbocycles. The van der Waals surface area contributed by atoms with E-state index in [4.69, 9.17) is 9.72 Å². The van der Waals surface area contributed by atoms with Crippen LogP contribution in [0, 0.1) is 0 Å². The number of hydrogen-bond acceptors (Lipinski definition) is 3. The van der Waals surface area contributed by atoms with Gasteiger partial charge >= 0.3 is 0 Å². The van der Waals surface area contributed by atoms with Crippen LogP contribution in [0.5, 0.6) is 5.75 Å². The molecule has 2 aromatic heterocycles. The predicted molar refractivity (Wildman–Crippen MR) is 107 cm³/mol. The van der Waals surface area contributed by atoms with Gasteiger partial charge in [0.1, 0.15) is 12.4 Å². The van der Waals surface area contributed by atoms with E-state index in [9.17, 15) is 0 Å². The van der Waals surface area contributed by atoms with Gasteiger partial charge in [0.2, 0.25) is 0 Å². The molecule has 0 atom stereocenters. The minimum atomic E-state index is -0.108. The lowest BCUT2D eigenvalue weighted by Gasteiger charge is -2.29. The largest absolute Gasteiger partial charge is 0.487 e. The van der Waals surface area contributed by atoms with Crippen LogP contribution in [0.25, 0.3) is 33.3 Å². The second-order valence-corrected chi connectivity index (χ2v) is 7.85. The summed E-state index contributed by atoms with van der Waals surface area (Å²) >= 11 is 0. The molecule has 0 saturated heterocycles. The minimum absolute atomic E-state index is 0.108. The molecule has 2 aliphatic rings. The molecule has 3 nitrogen and oxygen atoms in total. The highest BCUT2D eigenvalue weighted by atomic mass is 16.5. The Bertz CT molecular complexity index is 1260. The van der Waals surface area contributed by atoms with Crippen LogP contribution in [-0.4, -0.2) is 9.97 Å². The van der Waals surface area contributed by atoms with Crippen molar-refractivity contribution in [3.8, 4) is 28.1 Å². The van der Waals surface area contributed by atoms with Gasteiger partial charge in [0.05, 0.1) is 17.4 Å². The van der Waals surface area contributed by atoms with Crippen LogP contribution in [0.15, 0.2) is 60.9 Å². The number of fused-ring (bicyclic) bond motifs is 9. The SMILES string of the molecule is CC1(C)c2cccnc2-c2ccc3c(c21)-c1c(cnc2ccccc12)OC3. The van der Waals surface area contributed by atoms with Gasteiger partial charge in [0.25, 0.3) is 0 Å². The van der Waals surface area contributed by atoms with Crippen molar-refractivity contribution in [2.24, 2.45) is 0 Å². The lowest BCUT2D eigenvalue weighted by molar-refractivity contribution is 0.301. The molecule has 1 aliphatic heterocycles. The van der Waals surface area contributed by atoms with Gasteiger partial charge in [-0.1, -0.05) is 50.2 Å². The Morgan fingerprint density at radius 2 is 1.81 bits per heavy atom. The number of para-hydroxylation sites is 1. The van der Waals surface area contributed by atoms with Crippen LogP contribution in [0.3, 0.4) is 0 Å². The zero-order chi connectivity index (χ0) is 18.2. The second kappa shape index (κ2) is 4.95. The lowest BCUT2D eigenvalue weighted by atomic mass is 9.76. The number of aromatic nitrogens is 2. The van der Waals surface area contributed by atoms with E-state index < -0.39 is 0 Å². The number of ether oxygens (including phenoxy) is 1. The maximum Gasteiger partial charge on any atom is 0.146 e. The molecular formula is C24H18N2O. The maximum absolute atomic E-state index is 6.08. The van der Waals surface area contributed by atoms with Crippen LogP contribution < -0.4 is 4.74 Å². The first kappa shape index (κ1) is 14.9. The summed E-state index contributed by atoms with van der Waals surface area (Å²) in [5, 5.41) is 1.14. The molecule has 130 valence electrons. The summed E-state index contributed by atoms with van der Waals surface area (Å²) in [5.74, 6) is 0.870. The van der Waals surface area contributed by atoms with Crippen molar-refractivity contribution in [1.29, 1.82) is 0 Å². The summed E-state index contributed by atoms with van der Waals surface area (Å²) in [7, 11) is 0. The topological polar surface area (TPSA) is 35.0 Å². The molecule has 0 N–H and O–H groups in total. The van der Waals surface area contributed by atoms with Crippen LogP contribution in [0.2, 0.25) is 0 Å². The van der Waals surface area contributed by atoms with E-state index in [1.165, 1.54) is 33.4 Å². The molecule has 3 heterocycles. The normalized spacial score (nSPS) is 15.5. The Kier molecular flexibility index (Phi) is 2.73. The molecule has 2 aromatic carbocycles. The third-order valence-electron chi connectivity index (χ3n) is 6.03. The zero-order valence-corrected chi connectivity index (χ0v) is 15.3. The fourth-order valence-corrected chi connectivity index (χ4v) is 4.80. The Morgan fingerprint density at radius 3 is 2.74 bits per heavy atom. The first-order valence-corrected chi connectivity index (χ1v) is 9.29. The van der Waals surface area contributed by atoms with Gasteiger partial charge in [-0.25, -0.2) is 0 Å². The monoisotopic (exact) mass is 350 g/mol. The maximum atomic E-state index is 6.08. The molecule has 0 radical (unpaired) electrons. The van der Waals surface area contributed by atoms with Crippen molar-refractivity contribution < 1.29 is 4.74 Å². The number of pyridine rings is 2.